The summed E-state index contributed by atoms with van der Waals surface area (Å²) in [4.78, 5) is 13.7. The molecule has 3 aromatic rings. The third kappa shape index (κ3) is 3.51. The summed E-state index contributed by atoms with van der Waals surface area (Å²) in [5.74, 6) is 0.203. The Morgan fingerprint density at radius 3 is 2.46 bits per heavy atom. The molecule has 3 rings (SSSR count). The first-order valence-corrected chi connectivity index (χ1v) is 8.82. The van der Waals surface area contributed by atoms with Gasteiger partial charge in [-0.1, -0.05) is 55.2 Å². The van der Waals surface area contributed by atoms with Crippen molar-refractivity contribution in [3.05, 3.63) is 65.0 Å². The second-order valence-corrected chi connectivity index (χ2v) is 6.63. The highest BCUT2D eigenvalue weighted by Crippen LogP contribution is 2.32. The Morgan fingerprint density at radius 1 is 1.08 bits per heavy atom. The lowest BCUT2D eigenvalue weighted by Crippen LogP contribution is -2.15. The summed E-state index contributed by atoms with van der Waals surface area (Å²) < 4.78 is 1.81. The molecule has 0 atom stereocenters. The molecule has 0 saturated heterocycles. The number of nitrogens with zero attached hydrogens (tertiary/aromatic N) is 1. The molecule has 0 saturated carbocycles. The van der Waals surface area contributed by atoms with Gasteiger partial charge in [-0.2, -0.15) is 0 Å². The molecule has 5 heteroatoms. The van der Waals surface area contributed by atoms with Crippen molar-refractivity contribution in [2.24, 2.45) is 0 Å². The standard InChI is InChI=1S/C19H20N2O2S/c1-2-3-13-21-19(23)17(20-15-9-11-16(22)12-10-15)18(24-21)14-7-5-4-6-8-14/h4-12,20,22H,2-3,13H2,1H3. The van der Waals surface area contributed by atoms with Gasteiger partial charge in [0.25, 0.3) is 5.56 Å². The molecule has 24 heavy (non-hydrogen) atoms. The van der Waals surface area contributed by atoms with E-state index in [1.54, 1.807) is 24.3 Å². The monoisotopic (exact) mass is 340 g/mol. The van der Waals surface area contributed by atoms with Crippen LogP contribution in [-0.4, -0.2) is 9.06 Å². The van der Waals surface area contributed by atoms with E-state index in [0.717, 1.165) is 35.5 Å². The van der Waals surface area contributed by atoms with Crippen molar-refractivity contribution in [1.29, 1.82) is 0 Å². The minimum atomic E-state index is 0.000350. The van der Waals surface area contributed by atoms with Crippen LogP contribution in [-0.2, 0) is 6.54 Å². The molecule has 1 heterocycles. The fraction of sp³-hybridized carbons (Fsp3) is 0.211. The van der Waals surface area contributed by atoms with Crippen LogP contribution in [0.1, 0.15) is 19.8 Å². The van der Waals surface area contributed by atoms with Crippen molar-refractivity contribution in [2.75, 3.05) is 5.32 Å². The molecule has 0 fully saturated rings. The van der Waals surface area contributed by atoms with E-state index in [1.165, 1.54) is 11.5 Å². The van der Waals surface area contributed by atoms with Crippen molar-refractivity contribution >= 4 is 22.9 Å². The van der Waals surface area contributed by atoms with Crippen molar-refractivity contribution in [3.8, 4) is 16.2 Å². The number of unbranched alkanes of at least 4 members (excludes halogenated alkanes) is 1. The smallest absolute Gasteiger partial charge is 0.284 e. The molecule has 0 unspecified atom stereocenters. The number of nitrogens with one attached hydrogen (secondary N) is 1. The molecule has 4 nitrogen and oxygen atoms in total. The zero-order valence-electron chi connectivity index (χ0n) is 13.5. The summed E-state index contributed by atoms with van der Waals surface area (Å²) in [5, 5.41) is 12.6. The van der Waals surface area contributed by atoms with Crippen LogP contribution in [0.5, 0.6) is 5.75 Å². The normalized spacial score (nSPS) is 10.7. The van der Waals surface area contributed by atoms with E-state index in [-0.39, 0.29) is 11.3 Å². The average Bonchev–Trinajstić information content (AvgIpc) is 2.92. The topological polar surface area (TPSA) is 54.3 Å². The van der Waals surface area contributed by atoms with Crippen LogP contribution in [0.15, 0.2) is 59.4 Å². The Labute approximate surface area is 145 Å². The molecule has 2 N–H and O–H groups in total. The lowest BCUT2D eigenvalue weighted by Gasteiger charge is -2.06. The first-order valence-electron chi connectivity index (χ1n) is 8.04. The number of anilines is 2. The van der Waals surface area contributed by atoms with Gasteiger partial charge >= 0.3 is 0 Å². The Bertz CT molecular complexity index is 851. The van der Waals surface area contributed by atoms with Gasteiger partial charge in [0.1, 0.15) is 11.4 Å². The van der Waals surface area contributed by atoms with E-state index in [0.29, 0.717) is 5.69 Å². The highest BCUT2D eigenvalue weighted by Gasteiger charge is 2.16. The van der Waals surface area contributed by atoms with E-state index in [2.05, 4.69) is 12.2 Å². The number of aromatic nitrogens is 1. The SMILES string of the molecule is CCCCn1sc(-c2ccccc2)c(Nc2ccc(O)cc2)c1=O. The lowest BCUT2D eigenvalue weighted by atomic mass is 10.1. The summed E-state index contributed by atoms with van der Waals surface area (Å²) >= 11 is 1.49. The van der Waals surface area contributed by atoms with Gasteiger partial charge in [0.15, 0.2) is 0 Å². The number of phenolic OH excluding ortho intramolecular Hbond substituents is 1. The summed E-state index contributed by atoms with van der Waals surface area (Å²) in [6, 6.07) is 16.7. The minimum Gasteiger partial charge on any atom is -0.508 e. The molecule has 0 radical (unpaired) electrons. The summed E-state index contributed by atoms with van der Waals surface area (Å²) in [6.07, 6.45) is 2.03. The zero-order chi connectivity index (χ0) is 16.9. The summed E-state index contributed by atoms with van der Waals surface area (Å²) in [7, 11) is 0. The van der Waals surface area contributed by atoms with Crippen LogP contribution in [0, 0.1) is 0 Å². The number of aromatic hydroxyl groups is 1. The predicted molar refractivity (Wildman–Crippen MR) is 100 cm³/mol. The Balaban J connectivity index is 2.03. The third-order valence-electron chi connectivity index (χ3n) is 3.76. The molecular weight excluding hydrogens is 320 g/mol. The van der Waals surface area contributed by atoms with Gasteiger partial charge < -0.3 is 10.4 Å². The average molecular weight is 340 g/mol. The number of rotatable bonds is 6. The molecule has 0 amide bonds. The van der Waals surface area contributed by atoms with Crippen LogP contribution < -0.4 is 10.9 Å². The van der Waals surface area contributed by atoms with Crippen LogP contribution in [0.2, 0.25) is 0 Å². The third-order valence-corrected chi connectivity index (χ3v) is 4.95. The predicted octanol–water partition coefficient (Wildman–Crippen LogP) is 4.83. The highest BCUT2D eigenvalue weighted by molar-refractivity contribution is 7.10. The maximum Gasteiger partial charge on any atom is 0.284 e. The quantitative estimate of drug-likeness (QED) is 0.632. The number of hydrogen-bond acceptors (Lipinski definition) is 4. The van der Waals surface area contributed by atoms with Crippen LogP contribution >= 0.6 is 11.5 Å². The summed E-state index contributed by atoms with van der Waals surface area (Å²) in [6.45, 7) is 2.85. The fourth-order valence-corrected chi connectivity index (χ4v) is 3.54. The molecule has 0 aliphatic rings. The van der Waals surface area contributed by atoms with E-state index in [9.17, 15) is 9.90 Å². The van der Waals surface area contributed by atoms with Crippen molar-refractivity contribution < 1.29 is 5.11 Å². The first kappa shape index (κ1) is 16.3. The second kappa shape index (κ2) is 7.36. The van der Waals surface area contributed by atoms with Crippen LogP contribution in [0.3, 0.4) is 0 Å². The first-order chi connectivity index (χ1) is 11.7. The molecule has 124 valence electrons. The number of phenols is 1. The van der Waals surface area contributed by atoms with E-state index >= 15 is 0 Å². The summed E-state index contributed by atoms with van der Waals surface area (Å²) in [5.41, 5.74) is 2.40. The maximum absolute atomic E-state index is 12.8. The number of aryl methyl sites for hydroxylation is 1. The van der Waals surface area contributed by atoms with E-state index in [1.807, 2.05) is 34.3 Å². The van der Waals surface area contributed by atoms with Gasteiger partial charge in [0, 0.05) is 12.2 Å². The van der Waals surface area contributed by atoms with Crippen LogP contribution in [0.4, 0.5) is 11.4 Å². The molecule has 0 spiro atoms. The molecule has 0 aliphatic heterocycles. The lowest BCUT2D eigenvalue weighted by molar-refractivity contribution is 0.475. The Morgan fingerprint density at radius 2 is 1.79 bits per heavy atom. The number of benzene rings is 2. The molecule has 1 aromatic heterocycles. The van der Waals surface area contributed by atoms with Gasteiger partial charge in [-0.05, 0) is 36.2 Å². The van der Waals surface area contributed by atoms with Gasteiger partial charge in [0.05, 0.1) is 4.88 Å². The van der Waals surface area contributed by atoms with Crippen molar-refractivity contribution in [2.45, 2.75) is 26.3 Å². The van der Waals surface area contributed by atoms with Gasteiger partial charge in [0.2, 0.25) is 0 Å². The number of hydrogen-bond donors (Lipinski definition) is 2. The van der Waals surface area contributed by atoms with Crippen LogP contribution in [0.25, 0.3) is 10.4 Å². The maximum atomic E-state index is 12.8. The van der Waals surface area contributed by atoms with Gasteiger partial charge in [-0.3, -0.25) is 8.75 Å². The van der Waals surface area contributed by atoms with Crippen molar-refractivity contribution in [3.63, 3.8) is 0 Å². The molecule has 2 aromatic carbocycles. The molecular formula is C19H20N2O2S. The Hall–Kier alpha value is -2.53. The van der Waals surface area contributed by atoms with Gasteiger partial charge in [-0.25, -0.2) is 0 Å². The minimum absolute atomic E-state index is 0.000350. The Kier molecular flexibility index (Phi) is 5.01. The van der Waals surface area contributed by atoms with E-state index < -0.39 is 0 Å². The molecule has 0 aliphatic carbocycles. The van der Waals surface area contributed by atoms with Gasteiger partial charge in [-0.15, -0.1) is 0 Å². The second-order valence-electron chi connectivity index (χ2n) is 5.59. The van der Waals surface area contributed by atoms with Crippen molar-refractivity contribution in [1.82, 2.24) is 3.96 Å². The highest BCUT2D eigenvalue weighted by atomic mass is 32.1. The largest absolute Gasteiger partial charge is 0.508 e. The van der Waals surface area contributed by atoms with E-state index in [4.69, 9.17) is 0 Å². The fourth-order valence-electron chi connectivity index (χ4n) is 2.45. The molecule has 0 bridgehead atoms. The zero-order valence-corrected chi connectivity index (χ0v) is 14.3.